The molecular weight excluding hydrogens is 437 g/mol. The van der Waals surface area contributed by atoms with E-state index in [2.05, 4.69) is 15.5 Å². The van der Waals surface area contributed by atoms with E-state index in [9.17, 15) is 18.8 Å². The summed E-state index contributed by atoms with van der Waals surface area (Å²) in [5.74, 6) is 0.361. The van der Waals surface area contributed by atoms with Crippen molar-refractivity contribution in [1.82, 2.24) is 14.4 Å². The second-order valence-corrected chi connectivity index (χ2v) is 9.67. The van der Waals surface area contributed by atoms with E-state index in [0.717, 1.165) is 51.1 Å². The molecule has 3 amide bonds. The van der Waals surface area contributed by atoms with Gasteiger partial charge in [-0.2, -0.15) is 0 Å². The third kappa shape index (κ3) is 4.57. The molecule has 0 radical (unpaired) electrons. The summed E-state index contributed by atoms with van der Waals surface area (Å²) in [6, 6.07) is 9.12. The number of likely N-dealkylation sites (tertiary alicyclic amines) is 2. The fourth-order valence-electron chi connectivity index (χ4n) is 5.77. The lowest BCUT2D eigenvalue weighted by Crippen LogP contribution is -2.53. The number of hydrogen-bond acceptors (Lipinski definition) is 4. The van der Waals surface area contributed by atoms with Crippen LogP contribution in [0.2, 0.25) is 0 Å². The predicted octanol–water partition coefficient (Wildman–Crippen LogP) is 3.06. The topological polar surface area (TPSA) is 86.7 Å². The van der Waals surface area contributed by atoms with E-state index in [-0.39, 0.29) is 23.1 Å². The Morgan fingerprint density at radius 2 is 1.82 bits per heavy atom. The number of hydrogen-bond donors (Lipinski definition) is 2. The molecule has 34 heavy (non-hydrogen) atoms. The van der Waals surface area contributed by atoms with Gasteiger partial charge >= 0.3 is 6.03 Å². The zero-order valence-corrected chi connectivity index (χ0v) is 19.3. The molecule has 2 bridgehead atoms. The Kier molecular flexibility index (Phi) is 6.12. The summed E-state index contributed by atoms with van der Waals surface area (Å²) >= 11 is 0. The molecule has 1 aromatic heterocycles. The number of piperidine rings is 2. The third-order valence-electron chi connectivity index (χ3n) is 7.39. The summed E-state index contributed by atoms with van der Waals surface area (Å²) < 4.78 is 15.2. The molecule has 3 aliphatic heterocycles. The number of halogens is 1. The molecule has 3 aliphatic rings. The number of pyridine rings is 1. The van der Waals surface area contributed by atoms with Crippen LogP contribution < -0.4 is 16.2 Å². The predicted molar refractivity (Wildman–Crippen MR) is 127 cm³/mol. The van der Waals surface area contributed by atoms with Crippen molar-refractivity contribution >= 4 is 23.3 Å². The Labute approximate surface area is 197 Å². The fourth-order valence-corrected chi connectivity index (χ4v) is 5.77. The van der Waals surface area contributed by atoms with Crippen LogP contribution in [0.5, 0.6) is 0 Å². The van der Waals surface area contributed by atoms with Gasteiger partial charge in [-0.05, 0) is 55.5 Å². The number of fused-ring (bicyclic) bond motifs is 4. The molecule has 0 spiro atoms. The van der Waals surface area contributed by atoms with Gasteiger partial charge in [0.05, 0.1) is 0 Å². The number of nitrogens with one attached hydrogen (secondary N) is 2. The average molecular weight is 468 g/mol. The first-order valence-corrected chi connectivity index (χ1v) is 11.9. The van der Waals surface area contributed by atoms with Crippen LogP contribution in [0, 0.1) is 11.7 Å². The van der Waals surface area contributed by atoms with Crippen molar-refractivity contribution in [3.8, 4) is 0 Å². The number of aromatic nitrogens is 1. The summed E-state index contributed by atoms with van der Waals surface area (Å²) in [4.78, 5) is 41.7. The van der Waals surface area contributed by atoms with Crippen LogP contribution in [0.25, 0.3) is 0 Å². The zero-order chi connectivity index (χ0) is 23.8. The van der Waals surface area contributed by atoms with Gasteiger partial charge in [0.25, 0.3) is 5.56 Å². The van der Waals surface area contributed by atoms with Crippen molar-refractivity contribution in [3.63, 3.8) is 0 Å². The molecule has 1 aromatic carbocycles. The summed E-state index contributed by atoms with van der Waals surface area (Å²) in [6.07, 6.45) is 3.05. The van der Waals surface area contributed by atoms with Gasteiger partial charge < -0.3 is 20.1 Å². The van der Waals surface area contributed by atoms with Gasteiger partial charge in [0, 0.05) is 63.0 Å². The molecule has 9 heteroatoms. The summed E-state index contributed by atoms with van der Waals surface area (Å²) in [5.41, 5.74) is 1.35. The molecule has 0 aliphatic carbocycles. The van der Waals surface area contributed by atoms with Crippen LogP contribution in [0.1, 0.15) is 37.8 Å². The molecule has 180 valence electrons. The number of benzene rings is 1. The Morgan fingerprint density at radius 1 is 1.03 bits per heavy atom. The van der Waals surface area contributed by atoms with Gasteiger partial charge in [-0.25, -0.2) is 9.18 Å². The first-order chi connectivity index (χ1) is 16.4. The number of amides is 3. The normalized spacial score (nSPS) is 22.7. The molecule has 2 aromatic rings. The quantitative estimate of drug-likeness (QED) is 0.727. The minimum absolute atomic E-state index is 0.149. The van der Waals surface area contributed by atoms with Gasteiger partial charge in [0.15, 0.2) is 0 Å². The number of anilines is 2. The van der Waals surface area contributed by atoms with Crippen molar-refractivity contribution < 1.29 is 14.0 Å². The SMILES string of the molecule is CC(=O)N1CCC(N2CC3CC(C2)c2ccc(NC(=O)Nc4cccc(F)c4)c(=O)n2C3)CC1. The Morgan fingerprint density at radius 3 is 2.56 bits per heavy atom. The molecule has 2 saturated heterocycles. The number of rotatable bonds is 3. The Bertz CT molecular complexity index is 1160. The first kappa shape index (κ1) is 22.6. The second kappa shape index (κ2) is 9.21. The van der Waals surface area contributed by atoms with Crippen LogP contribution in [0.15, 0.2) is 41.2 Å². The molecule has 2 atom stereocenters. The van der Waals surface area contributed by atoms with Gasteiger partial charge in [-0.1, -0.05) is 6.07 Å². The maximum Gasteiger partial charge on any atom is 0.323 e. The van der Waals surface area contributed by atoms with E-state index in [0.29, 0.717) is 24.2 Å². The molecular formula is C25H30FN5O3. The number of nitrogens with zero attached hydrogens (tertiary/aromatic N) is 3. The lowest BCUT2D eigenvalue weighted by atomic mass is 9.82. The standard InChI is InChI=1S/C25H30FN5O3/c1-16(32)29-9-7-21(8-10-29)30-13-17-11-18(15-30)23-6-5-22(24(33)31(23)14-17)28-25(34)27-20-4-2-3-19(26)12-20/h2-6,12,17-18,21H,7-11,13-15H2,1H3,(H2,27,28,34). The third-order valence-corrected chi connectivity index (χ3v) is 7.39. The highest BCUT2D eigenvalue weighted by atomic mass is 19.1. The minimum atomic E-state index is -0.581. The van der Waals surface area contributed by atoms with E-state index in [1.807, 2.05) is 15.5 Å². The van der Waals surface area contributed by atoms with E-state index in [1.165, 1.54) is 18.2 Å². The highest BCUT2D eigenvalue weighted by Crippen LogP contribution is 2.37. The van der Waals surface area contributed by atoms with Crippen LogP contribution in [0.4, 0.5) is 20.6 Å². The largest absolute Gasteiger partial charge is 0.343 e. The smallest absolute Gasteiger partial charge is 0.323 e. The maximum absolute atomic E-state index is 13.4. The van der Waals surface area contributed by atoms with Crippen molar-refractivity contribution in [2.45, 2.75) is 44.7 Å². The van der Waals surface area contributed by atoms with E-state index in [4.69, 9.17) is 0 Å². The molecule has 2 unspecified atom stereocenters. The number of carbonyl (C=O) groups is 2. The molecule has 8 nitrogen and oxygen atoms in total. The van der Waals surface area contributed by atoms with Crippen LogP contribution in [-0.4, -0.2) is 58.5 Å². The summed E-state index contributed by atoms with van der Waals surface area (Å²) in [5, 5.41) is 5.18. The van der Waals surface area contributed by atoms with Gasteiger partial charge in [0.1, 0.15) is 11.5 Å². The number of urea groups is 1. The lowest BCUT2D eigenvalue weighted by Gasteiger charge is -2.47. The molecule has 4 heterocycles. The molecule has 2 fully saturated rings. The van der Waals surface area contributed by atoms with E-state index < -0.39 is 11.8 Å². The molecule has 5 rings (SSSR count). The Hall–Kier alpha value is -3.20. The van der Waals surface area contributed by atoms with Gasteiger partial charge in [0.2, 0.25) is 5.91 Å². The zero-order valence-electron chi connectivity index (χ0n) is 19.3. The van der Waals surface area contributed by atoms with Crippen LogP contribution >= 0.6 is 0 Å². The van der Waals surface area contributed by atoms with Crippen molar-refractivity contribution in [3.05, 3.63) is 58.3 Å². The molecule has 0 saturated carbocycles. The minimum Gasteiger partial charge on any atom is -0.343 e. The maximum atomic E-state index is 13.4. The van der Waals surface area contributed by atoms with E-state index >= 15 is 0 Å². The highest BCUT2D eigenvalue weighted by molar-refractivity contribution is 5.99. The number of carbonyl (C=O) groups excluding carboxylic acids is 2. The average Bonchev–Trinajstić information content (AvgIpc) is 2.81. The lowest BCUT2D eigenvalue weighted by molar-refractivity contribution is -0.130. The van der Waals surface area contributed by atoms with Crippen LogP contribution in [0.3, 0.4) is 0 Å². The van der Waals surface area contributed by atoms with Gasteiger partial charge in [-0.15, -0.1) is 0 Å². The summed E-state index contributed by atoms with van der Waals surface area (Å²) in [6.45, 7) is 5.75. The first-order valence-electron chi connectivity index (χ1n) is 11.9. The van der Waals surface area contributed by atoms with Crippen molar-refractivity contribution in [2.75, 3.05) is 36.8 Å². The Balaban J connectivity index is 1.27. The van der Waals surface area contributed by atoms with Crippen LogP contribution in [-0.2, 0) is 11.3 Å². The summed E-state index contributed by atoms with van der Waals surface area (Å²) in [7, 11) is 0. The second-order valence-electron chi connectivity index (χ2n) is 9.67. The van der Waals surface area contributed by atoms with Crippen molar-refractivity contribution in [1.29, 1.82) is 0 Å². The molecule has 2 N–H and O–H groups in total. The monoisotopic (exact) mass is 467 g/mol. The highest BCUT2D eigenvalue weighted by Gasteiger charge is 2.38. The van der Waals surface area contributed by atoms with Gasteiger partial charge in [-0.3, -0.25) is 14.5 Å². The van der Waals surface area contributed by atoms with E-state index in [1.54, 1.807) is 19.1 Å². The van der Waals surface area contributed by atoms with Crippen molar-refractivity contribution in [2.24, 2.45) is 5.92 Å². The fraction of sp³-hybridized carbons (Fsp3) is 0.480.